The van der Waals surface area contributed by atoms with Crippen LogP contribution in [0.25, 0.3) is 6.08 Å². The summed E-state index contributed by atoms with van der Waals surface area (Å²) < 4.78 is 13.7. The smallest absolute Gasteiger partial charge is 0.258 e. The molecule has 0 bridgehead atoms. The number of hydrogen-bond donors (Lipinski definition) is 2. The Labute approximate surface area is 154 Å². The summed E-state index contributed by atoms with van der Waals surface area (Å²) in [6.07, 6.45) is 3.13. The molecule has 4 nitrogen and oxygen atoms in total. The van der Waals surface area contributed by atoms with Gasteiger partial charge in [-0.05, 0) is 41.8 Å². The normalized spacial score (nSPS) is 10.7. The Hall–Kier alpha value is -3.25. The maximum Gasteiger partial charge on any atom is 0.258 e. The largest absolute Gasteiger partial charge is 0.321 e. The molecular weight excluding hydrogens is 351 g/mol. The summed E-state index contributed by atoms with van der Waals surface area (Å²) in [4.78, 5) is 25.3. The summed E-state index contributed by atoms with van der Waals surface area (Å²) in [7, 11) is 0. The van der Waals surface area contributed by atoms with Gasteiger partial charge < -0.3 is 10.6 Å². The molecule has 130 valence electrons. The van der Waals surface area contributed by atoms with Crippen LogP contribution < -0.4 is 10.6 Å². The summed E-state index contributed by atoms with van der Waals surface area (Å²) in [5, 5.41) is 7.26. The van der Waals surface area contributed by atoms with Gasteiger partial charge >= 0.3 is 0 Å². The van der Waals surface area contributed by atoms with E-state index in [4.69, 9.17) is 0 Å². The molecule has 0 radical (unpaired) electrons. The molecule has 26 heavy (non-hydrogen) atoms. The molecule has 0 aliphatic heterocycles. The third-order valence-electron chi connectivity index (χ3n) is 3.49. The summed E-state index contributed by atoms with van der Waals surface area (Å²) >= 11 is 1.52. The zero-order chi connectivity index (χ0) is 18.4. The van der Waals surface area contributed by atoms with Gasteiger partial charge in [-0.2, -0.15) is 0 Å². The molecular formula is C20H15FN2O2S. The predicted molar refractivity (Wildman–Crippen MR) is 103 cm³/mol. The van der Waals surface area contributed by atoms with E-state index in [1.54, 1.807) is 36.4 Å². The standard InChI is InChI=1S/C20H15FN2O2S/c21-16-8-2-1-7-15(16)20(25)23-18-10-4-3-9-17(18)22-19(24)12-11-14-6-5-13-26-14/h1-13H,(H,22,24)(H,23,25)/b12-11-. The monoisotopic (exact) mass is 366 g/mol. The van der Waals surface area contributed by atoms with E-state index in [0.717, 1.165) is 4.88 Å². The first-order valence-corrected chi connectivity index (χ1v) is 8.69. The van der Waals surface area contributed by atoms with Gasteiger partial charge in [0.1, 0.15) is 5.82 Å². The van der Waals surface area contributed by atoms with Gasteiger partial charge in [-0.1, -0.05) is 30.3 Å². The SMILES string of the molecule is O=C(/C=C\c1cccs1)Nc1ccccc1NC(=O)c1ccccc1F. The van der Waals surface area contributed by atoms with Gasteiger partial charge in [0.25, 0.3) is 5.91 Å². The molecule has 2 aromatic carbocycles. The second kappa shape index (κ2) is 8.22. The average Bonchev–Trinajstić information content (AvgIpc) is 3.15. The van der Waals surface area contributed by atoms with Crippen molar-refractivity contribution in [3.05, 3.63) is 88.4 Å². The zero-order valence-corrected chi connectivity index (χ0v) is 14.4. The van der Waals surface area contributed by atoms with Crippen molar-refractivity contribution in [1.82, 2.24) is 0 Å². The summed E-state index contributed by atoms with van der Waals surface area (Å²) in [5.74, 6) is -1.52. The third kappa shape index (κ3) is 4.43. The summed E-state index contributed by atoms with van der Waals surface area (Å²) in [6.45, 7) is 0. The molecule has 0 saturated heterocycles. The lowest BCUT2D eigenvalue weighted by Crippen LogP contribution is -2.16. The van der Waals surface area contributed by atoms with Crippen LogP contribution in [0.15, 0.2) is 72.1 Å². The molecule has 1 aromatic heterocycles. The van der Waals surface area contributed by atoms with E-state index >= 15 is 0 Å². The third-order valence-corrected chi connectivity index (χ3v) is 4.33. The fourth-order valence-corrected chi connectivity index (χ4v) is 2.87. The number of carbonyl (C=O) groups excluding carboxylic acids is 2. The van der Waals surface area contributed by atoms with E-state index in [2.05, 4.69) is 10.6 Å². The van der Waals surface area contributed by atoms with Crippen molar-refractivity contribution < 1.29 is 14.0 Å². The van der Waals surface area contributed by atoms with Crippen LogP contribution in [0.5, 0.6) is 0 Å². The molecule has 0 fully saturated rings. The Bertz CT molecular complexity index is 952. The summed E-state index contributed by atoms with van der Waals surface area (Å²) in [5.41, 5.74) is 0.753. The van der Waals surface area contributed by atoms with Crippen LogP contribution in [-0.2, 0) is 4.79 Å². The van der Waals surface area contributed by atoms with Gasteiger partial charge in [0.15, 0.2) is 0 Å². The van der Waals surface area contributed by atoms with E-state index in [1.807, 2.05) is 17.5 Å². The van der Waals surface area contributed by atoms with Crippen molar-refractivity contribution in [2.45, 2.75) is 0 Å². The Morgan fingerprint density at radius 2 is 1.58 bits per heavy atom. The van der Waals surface area contributed by atoms with E-state index in [9.17, 15) is 14.0 Å². The first-order valence-electron chi connectivity index (χ1n) is 7.81. The van der Waals surface area contributed by atoms with Crippen LogP contribution in [0, 0.1) is 5.82 Å². The van der Waals surface area contributed by atoms with Gasteiger partial charge in [-0.25, -0.2) is 4.39 Å². The molecule has 2 N–H and O–H groups in total. The number of nitrogens with one attached hydrogen (secondary N) is 2. The highest BCUT2D eigenvalue weighted by molar-refractivity contribution is 7.10. The van der Waals surface area contributed by atoms with E-state index < -0.39 is 11.7 Å². The second-order valence-corrected chi connectivity index (χ2v) is 6.30. The molecule has 0 aliphatic rings. The van der Waals surface area contributed by atoms with Crippen LogP contribution in [0.3, 0.4) is 0 Å². The van der Waals surface area contributed by atoms with E-state index in [-0.39, 0.29) is 11.5 Å². The van der Waals surface area contributed by atoms with Crippen molar-refractivity contribution >= 4 is 40.6 Å². The molecule has 3 aromatic rings. The topological polar surface area (TPSA) is 58.2 Å². The van der Waals surface area contributed by atoms with Crippen LogP contribution in [-0.4, -0.2) is 11.8 Å². The molecule has 0 aliphatic carbocycles. The van der Waals surface area contributed by atoms with Crippen LogP contribution in [0.2, 0.25) is 0 Å². The Morgan fingerprint density at radius 1 is 0.885 bits per heavy atom. The maximum absolute atomic E-state index is 13.7. The minimum atomic E-state index is -0.606. The van der Waals surface area contributed by atoms with Crippen molar-refractivity contribution in [2.24, 2.45) is 0 Å². The highest BCUT2D eigenvalue weighted by Crippen LogP contribution is 2.22. The number of rotatable bonds is 5. The van der Waals surface area contributed by atoms with Gasteiger partial charge in [0.05, 0.1) is 16.9 Å². The number of anilines is 2. The predicted octanol–water partition coefficient (Wildman–Crippen LogP) is 4.79. The van der Waals surface area contributed by atoms with E-state index in [1.165, 1.54) is 35.6 Å². The number of carbonyl (C=O) groups is 2. The number of hydrogen-bond acceptors (Lipinski definition) is 3. The van der Waals surface area contributed by atoms with Crippen LogP contribution in [0.4, 0.5) is 15.8 Å². The van der Waals surface area contributed by atoms with Crippen molar-refractivity contribution in [1.29, 1.82) is 0 Å². The molecule has 6 heteroatoms. The van der Waals surface area contributed by atoms with Gasteiger partial charge in [0.2, 0.25) is 5.91 Å². The molecule has 3 rings (SSSR count). The molecule has 2 amide bonds. The number of amides is 2. The number of thiophene rings is 1. The average molecular weight is 366 g/mol. The quantitative estimate of drug-likeness (QED) is 0.638. The molecule has 0 unspecified atom stereocenters. The number of benzene rings is 2. The van der Waals surface area contributed by atoms with Gasteiger partial charge in [-0.3, -0.25) is 9.59 Å². The summed E-state index contributed by atoms with van der Waals surface area (Å²) in [6, 6.07) is 16.3. The van der Waals surface area contributed by atoms with Crippen LogP contribution in [0.1, 0.15) is 15.2 Å². The number of para-hydroxylation sites is 2. The van der Waals surface area contributed by atoms with Gasteiger partial charge in [0, 0.05) is 11.0 Å². The Kier molecular flexibility index (Phi) is 5.56. The molecule has 0 spiro atoms. The Morgan fingerprint density at radius 3 is 2.27 bits per heavy atom. The lowest BCUT2D eigenvalue weighted by Gasteiger charge is -2.11. The lowest BCUT2D eigenvalue weighted by molar-refractivity contribution is -0.111. The first-order chi connectivity index (χ1) is 12.6. The fourth-order valence-electron chi connectivity index (χ4n) is 2.25. The minimum absolute atomic E-state index is 0.0637. The van der Waals surface area contributed by atoms with Gasteiger partial charge in [-0.15, -0.1) is 11.3 Å². The highest BCUT2D eigenvalue weighted by Gasteiger charge is 2.13. The molecule has 0 atom stereocenters. The highest BCUT2D eigenvalue weighted by atomic mass is 32.1. The van der Waals surface area contributed by atoms with Crippen molar-refractivity contribution in [3.63, 3.8) is 0 Å². The Balaban J connectivity index is 1.73. The number of halogens is 1. The first kappa shape index (κ1) is 17.6. The van der Waals surface area contributed by atoms with Crippen molar-refractivity contribution in [2.75, 3.05) is 10.6 Å². The van der Waals surface area contributed by atoms with Crippen LogP contribution >= 0.6 is 11.3 Å². The second-order valence-electron chi connectivity index (χ2n) is 5.32. The van der Waals surface area contributed by atoms with Crippen molar-refractivity contribution in [3.8, 4) is 0 Å². The van der Waals surface area contributed by atoms with E-state index in [0.29, 0.717) is 11.4 Å². The molecule has 1 heterocycles. The molecule has 0 saturated carbocycles. The maximum atomic E-state index is 13.7. The fraction of sp³-hybridized carbons (Fsp3) is 0. The minimum Gasteiger partial charge on any atom is -0.321 e. The lowest BCUT2D eigenvalue weighted by atomic mass is 10.2. The zero-order valence-electron chi connectivity index (χ0n) is 13.6.